The van der Waals surface area contributed by atoms with Gasteiger partial charge in [0.25, 0.3) is 0 Å². The molecule has 0 radical (unpaired) electrons. The first-order chi connectivity index (χ1) is 13.6. The van der Waals surface area contributed by atoms with E-state index in [1.807, 2.05) is 16.7 Å². The molecule has 1 unspecified atom stereocenters. The van der Waals surface area contributed by atoms with Crippen LogP contribution in [0.15, 0.2) is 24.3 Å². The molecule has 1 aromatic carbocycles. The Kier molecular flexibility index (Phi) is 7.03. The molecule has 152 valence electrons. The number of likely N-dealkylation sites (tertiary alicyclic amines) is 1. The van der Waals surface area contributed by atoms with E-state index in [-0.39, 0.29) is 36.5 Å². The van der Waals surface area contributed by atoms with Gasteiger partial charge in [0, 0.05) is 50.6 Å². The second-order valence-electron chi connectivity index (χ2n) is 7.28. The Morgan fingerprint density at radius 3 is 2.68 bits per heavy atom. The third-order valence-electron chi connectivity index (χ3n) is 5.37. The number of amides is 2. The number of nitrogens with zero attached hydrogens (tertiary/aromatic N) is 2. The van der Waals surface area contributed by atoms with Crippen LogP contribution < -0.4 is 10.1 Å². The molecule has 2 fully saturated rings. The van der Waals surface area contributed by atoms with Crippen LogP contribution in [0, 0.1) is 0 Å². The molecule has 0 spiro atoms. The van der Waals surface area contributed by atoms with Crippen molar-refractivity contribution in [1.29, 1.82) is 0 Å². The summed E-state index contributed by atoms with van der Waals surface area (Å²) < 4.78 is 5.38. The Morgan fingerprint density at radius 1 is 1.18 bits per heavy atom. The Labute approximate surface area is 166 Å². The maximum absolute atomic E-state index is 12.6. The molecule has 7 heteroatoms. The van der Waals surface area contributed by atoms with Crippen LogP contribution in [0.25, 0.3) is 0 Å². The minimum atomic E-state index is -0.0396. The zero-order valence-corrected chi connectivity index (χ0v) is 16.5. The lowest BCUT2D eigenvalue weighted by molar-refractivity contribution is -0.140. The van der Waals surface area contributed by atoms with E-state index < -0.39 is 0 Å². The molecule has 1 aromatic rings. The van der Waals surface area contributed by atoms with Gasteiger partial charge in [0.1, 0.15) is 5.75 Å². The van der Waals surface area contributed by atoms with E-state index in [9.17, 15) is 14.4 Å². The Balaban J connectivity index is 1.49. The van der Waals surface area contributed by atoms with Crippen molar-refractivity contribution in [3.8, 4) is 5.75 Å². The molecule has 2 amide bonds. The summed E-state index contributed by atoms with van der Waals surface area (Å²) in [4.78, 5) is 40.8. The summed E-state index contributed by atoms with van der Waals surface area (Å²) in [7, 11) is 0. The summed E-state index contributed by atoms with van der Waals surface area (Å²) in [5.41, 5.74) is 0.596. The van der Waals surface area contributed by atoms with Crippen LogP contribution in [-0.2, 0) is 9.59 Å². The molecule has 3 rings (SSSR count). The van der Waals surface area contributed by atoms with Crippen LogP contribution in [0.3, 0.4) is 0 Å². The van der Waals surface area contributed by atoms with Crippen LogP contribution in [0.4, 0.5) is 0 Å². The summed E-state index contributed by atoms with van der Waals surface area (Å²) in [5.74, 6) is 0.794. The Morgan fingerprint density at radius 2 is 1.96 bits per heavy atom. The zero-order valence-electron chi connectivity index (χ0n) is 16.5. The molecule has 7 nitrogen and oxygen atoms in total. The van der Waals surface area contributed by atoms with Crippen LogP contribution in [0.2, 0.25) is 0 Å². The second kappa shape index (κ2) is 9.68. The van der Waals surface area contributed by atoms with Gasteiger partial charge in [0.2, 0.25) is 11.8 Å². The summed E-state index contributed by atoms with van der Waals surface area (Å²) in [6, 6.07) is 7.13. The fourth-order valence-corrected chi connectivity index (χ4v) is 3.87. The third kappa shape index (κ3) is 5.10. The molecule has 2 aliphatic heterocycles. The predicted molar refractivity (Wildman–Crippen MR) is 105 cm³/mol. The minimum Gasteiger partial charge on any atom is -0.494 e. The lowest BCUT2D eigenvalue weighted by Gasteiger charge is -2.41. The smallest absolute Gasteiger partial charge is 0.236 e. The number of benzene rings is 1. The van der Waals surface area contributed by atoms with Gasteiger partial charge in [0.05, 0.1) is 13.2 Å². The van der Waals surface area contributed by atoms with Gasteiger partial charge in [-0.3, -0.25) is 14.4 Å². The molecule has 1 atom stereocenters. The number of ether oxygens (including phenoxy) is 1. The monoisotopic (exact) mass is 387 g/mol. The first kappa shape index (κ1) is 20.3. The molecule has 2 aliphatic rings. The molecule has 2 heterocycles. The van der Waals surface area contributed by atoms with Gasteiger partial charge in [0.15, 0.2) is 5.78 Å². The number of carbonyl (C=O) groups is 3. The lowest BCUT2D eigenvalue weighted by atomic mass is 10.0. The number of nitrogens with one attached hydrogen (secondary N) is 1. The fraction of sp³-hybridized carbons (Fsp3) is 0.571. The average molecular weight is 387 g/mol. The molecule has 0 aliphatic carbocycles. The first-order valence-electron chi connectivity index (χ1n) is 10.1. The number of hydrogen-bond donors (Lipinski definition) is 1. The van der Waals surface area contributed by atoms with Crippen molar-refractivity contribution in [1.82, 2.24) is 15.1 Å². The normalized spacial score (nSPS) is 20.2. The highest BCUT2D eigenvalue weighted by molar-refractivity contribution is 5.98. The molecule has 0 saturated carbocycles. The second-order valence-corrected chi connectivity index (χ2v) is 7.28. The molecule has 2 saturated heterocycles. The average Bonchev–Trinajstić information content (AvgIpc) is 2.73. The lowest BCUT2D eigenvalue weighted by Crippen LogP contribution is -2.57. The summed E-state index contributed by atoms with van der Waals surface area (Å²) in [6.07, 6.45) is 2.22. The van der Waals surface area contributed by atoms with Gasteiger partial charge in [-0.05, 0) is 44.0 Å². The van der Waals surface area contributed by atoms with Crippen molar-refractivity contribution in [2.24, 2.45) is 0 Å². The molecule has 0 bridgehead atoms. The van der Waals surface area contributed by atoms with E-state index in [4.69, 9.17) is 4.74 Å². The van der Waals surface area contributed by atoms with E-state index in [2.05, 4.69) is 5.32 Å². The number of ketones is 1. The van der Waals surface area contributed by atoms with Crippen LogP contribution in [-0.4, -0.2) is 72.8 Å². The van der Waals surface area contributed by atoms with Gasteiger partial charge in [-0.1, -0.05) is 0 Å². The minimum absolute atomic E-state index is 0.00781. The molecular formula is C21H29N3O4. The topological polar surface area (TPSA) is 79.0 Å². The largest absolute Gasteiger partial charge is 0.494 e. The van der Waals surface area contributed by atoms with Crippen LogP contribution in [0.5, 0.6) is 5.75 Å². The van der Waals surface area contributed by atoms with E-state index in [1.54, 1.807) is 24.3 Å². The van der Waals surface area contributed by atoms with E-state index in [0.717, 1.165) is 25.1 Å². The summed E-state index contributed by atoms with van der Waals surface area (Å²) in [5, 5.41) is 3.08. The van der Waals surface area contributed by atoms with Crippen LogP contribution in [0.1, 0.15) is 43.0 Å². The van der Waals surface area contributed by atoms with Crippen molar-refractivity contribution < 1.29 is 19.1 Å². The fourth-order valence-electron chi connectivity index (χ4n) is 3.87. The Bertz CT molecular complexity index is 704. The summed E-state index contributed by atoms with van der Waals surface area (Å²) in [6.45, 7) is 5.64. The highest BCUT2D eigenvalue weighted by Gasteiger charge is 2.31. The standard InChI is InChI=1S/C21H29N3O4/c1-2-28-18-7-5-16(6-8-18)19(25)9-10-20(26)23-12-3-4-17(15-23)24-13-11-22-14-21(24)27/h5-8,17,22H,2-4,9-15H2,1H3. The SMILES string of the molecule is CCOc1ccc(C(=O)CCC(=O)N2CCCC(N3CCNCC3=O)C2)cc1. The molecular weight excluding hydrogens is 358 g/mol. The maximum atomic E-state index is 12.6. The van der Waals surface area contributed by atoms with Crippen molar-refractivity contribution in [3.63, 3.8) is 0 Å². The summed E-state index contributed by atoms with van der Waals surface area (Å²) >= 11 is 0. The van der Waals surface area contributed by atoms with Gasteiger partial charge in [-0.25, -0.2) is 0 Å². The number of piperazine rings is 1. The highest BCUT2D eigenvalue weighted by atomic mass is 16.5. The molecule has 28 heavy (non-hydrogen) atoms. The van der Waals surface area contributed by atoms with Gasteiger partial charge < -0.3 is 19.9 Å². The van der Waals surface area contributed by atoms with Gasteiger partial charge in [-0.2, -0.15) is 0 Å². The Hall–Kier alpha value is -2.41. The van der Waals surface area contributed by atoms with Crippen molar-refractivity contribution in [2.45, 2.75) is 38.6 Å². The number of Topliss-reactive ketones (excluding diaryl/α,β-unsaturated/α-hetero) is 1. The number of rotatable bonds is 7. The van der Waals surface area contributed by atoms with E-state index >= 15 is 0 Å². The van der Waals surface area contributed by atoms with Crippen LogP contribution >= 0.6 is 0 Å². The number of carbonyl (C=O) groups excluding carboxylic acids is 3. The van der Waals surface area contributed by atoms with Crippen molar-refractivity contribution in [2.75, 3.05) is 39.3 Å². The predicted octanol–water partition coefficient (Wildman–Crippen LogP) is 1.47. The quantitative estimate of drug-likeness (QED) is 0.717. The molecule has 1 N–H and O–H groups in total. The van der Waals surface area contributed by atoms with Gasteiger partial charge >= 0.3 is 0 Å². The molecule has 0 aromatic heterocycles. The third-order valence-corrected chi connectivity index (χ3v) is 5.37. The first-order valence-corrected chi connectivity index (χ1v) is 10.1. The van der Waals surface area contributed by atoms with Crippen molar-refractivity contribution in [3.05, 3.63) is 29.8 Å². The number of piperidine rings is 1. The zero-order chi connectivity index (χ0) is 19.9. The van der Waals surface area contributed by atoms with Crippen molar-refractivity contribution >= 4 is 17.6 Å². The highest BCUT2D eigenvalue weighted by Crippen LogP contribution is 2.19. The maximum Gasteiger partial charge on any atom is 0.236 e. The van der Waals surface area contributed by atoms with E-state index in [0.29, 0.717) is 38.3 Å². The van der Waals surface area contributed by atoms with Gasteiger partial charge in [-0.15, -0.1) is 0 Å². The number of hydrogen-bond acceptors (Lipinski definition) is 5. The van der Waals surface area contributed by atoms with E-state index in [1.165, 1.54) is 0 Å².